The summed E-state index contributed by atoms with van der Waals surface area (Å²) in [5.74, 6) is 0.702. The molecule has 0 aromatic heterocycles. The molecule has 2 aromatic carbocycles. The van der Waals surface area contributed by atoms with Gasteiger partial charge in [0.25, 0.3) is 0 Å². The van der Waals surface area contributed by atoms with E-state index in [-0.39, 0.29) is 5.82 Å². The zero-order valence-corrected chi connectivity index (χ0v) is 18.1. The average molecular weight is 379 g/mol. The Balaban J connectivity index is 1.81. The van der Waals surface area contributed by atoms with Crippen molar-refractivity contribution in [3.63, 3.8) is 0 Å². The number of allylic oxidation sites excluding steroid dienone is 1. The van der Waals surface area contributed by atoms with Crippen molar-refractivity contribution in [2.24, 2.45) is 5.92 Å². The molecular formula is C27H35F. The van der Waals surface area contributed by atoms with Gasteiger partial charge in [-0.05, 0) is 90.3 Å². The van der Waals surface area contributed by atoms with E-state index in [1.54, 1.807) is 6.07 Å². The third kappa shape index (κ3) is 4.40. The minimum Gasteiger partial charge on any atom is -0.207 e. The van der Waals surface area contributed by atoms with Gasteiger partial charge in [0.1, 0.15) is 5.82 Å². The Bertz CT molecular complexity index is 824. The molecular weight excluding hydrogens is 343 g/mol. The highest BCUT2D eigenvalue weighted by Gasteiger charge is 2.43. The first kappa shape index (κ1) is 20.8. The summed E-state index contributed by atoms with van der Waals surface area (Å²) in [4.78, 5) is 0. The second-order valence-electron chi connectivity index (χ2n) is 8.91. The van der Waals surface area contributed by atoms with Gasteiger partial charge < -0.3 is 0 Å². The summed E-state index contributed by atoms with van der Waals surface area (Å²) < 4.78 is 14.6. The molecule has 0 aliphatic heterocycles. The average Bonchev–Trinajstić information content (AvgIpc) is 3.47. The second kappa shape index (κ2) is 8.64. The Labute approximate surface area is 170 Å². The highest BCUT2D eigenvalue weighted by Crippen LogP contribution is 2.52. The Kier molecular flexibility index (Phi) is 6.43. The predicted octanol–water partition coefficient (Wildman–Crippen LogP) is 8.34. The maximum atomic E-state index is 14.6. The van der Waals surface area contributed by atoms with Crippen LogP contribution in [0.1, 0.15) is 82.9 Å². The van der Waals surface area contributed by atoms with E-state index in [0.717, 1.165) is 33.7 Å². The number of hydrogen-bond acceptors (Lipinski definition) is 0. The quantitative estimate of drug-likeness (QED) is 0.411. The first-order chi connectivity index (χ1) is 13.4. The van der Waals surface area contributed by atoms with Crippen molar-refractivity contribution in [3.8, 4) is 11.1 Å². The van der Waals surface area contributed by atoms with Gasteiger partial charge in [0.05, 0.1) is 0 Å². The topological polar surface area (TPSA) is 0 Å². The number of halogens is 1. The van der Waals surface area contributed by atoms with Gasteiger partial charge >= 0.3 is 0 Å². The summed E-state index contributed by atoms with van der Waals surface area (Å²) in [5, 5.41) is 0. The fourth-order valence-electron chi connectivity index (χ4n) is 4.55. The van der Waals surface area contributed by atoms with Crippen molar-refractivity contribution >= 4 is 5.57 Å². The lowest BCUT2D eigenvalue weighted by Crippen LogP contribution is -2.09. The summed E-state index contributed by atoms with van der Waals surface area (Å²) in [6.45, 7) is 12.7. The Morgan fingerprint density at radius 1 is 1.07 bits per heavy atom. The summed E-state index contributed by atoms with van der Waals surface area (Å²) in [7, 11) is 0. The van der Waals surface area contributed by atoms with Gasteiger partial charge in [-0.1, -0.05) is 70.0 Å². The van der Waals surface area contributed by atoms with Crippen LogP contribution in [0, 0.1) is 11.7 Å². The third-order valence-corrected chi connectivity index (χ3v) is 6.59. The van der Waals surface area contributed by atoms with Crippen LogP contribution in [0.3, 0.4) is 0 Å². The molecule has 3 rings (SSSR count). The Morgan fingerprint density at radius 2 is 1.75 bits per heavy atom. The van der Waals surface area contributed by atoms with E-state index in [1.165, 1.54) is 44.1 Å². The minimum atomic E-state index is -0.120. The molecule has 28 heavy (non-hydrogen) atoms. The van der Waals surface area contributed by atoms with E-state index in [9.17, 15) is 4.39 Å². The van der Waals surface area contributed by atoms with Crippen LogP contribution >= 0.6 is 0 Å². The maximum absolute atomic E-state index is 14.6. The van der Waals surface area contributed by atoms with Crippen LogP contribution in [0.15, 0.2) is 43.0 Å². The highest BCUT2D eigenvalue weighted by atomic mass is 19.1. The lowest BCUT2D eigenvalue weighted by atomic mass is 9.86. The molecule has 0 heterocycles. The number of benzene rings is 2. The molecule has 1 fully saturated rings. The summed E-state index contributed by atoms with van der Waals surface area (Å²) in [5.41, 5.74) is 6.54. The van der Waals surface area contributed by atoms with Gasteiger partial charge in [-0.2, -0.15) is 0 Å². The minimum absolute atomic E-state index is 0.120. The lowest BCUT2D eigenvalue weighted by molar-refractivity contribution is 0.433. The summed E-state index contributed by atoms with van der Waals surface area (Å²) >= 11 is 0. The van der Waals surface area contributed by atoms with E-state index in [4.69, 9.17) is 0 Å². The normalized spacial score (nSPS) is 16.0. The maximum Gasteiger partial charge on any atom is 0.127 e. The molecule has 0 amide bonds. The molecule has 0 bridgehead atoms. The monoisotopic (exact) mass is 378 g/mol. The van der Waals surface area contributed by atoms with Gasteiger partial charge in [-0.15, -0.1) is 0 Å². The molecule has 1 unspecified atom stereocenters. The van der Waals surface area contributed by atoms with Crippen LogP contribution in [0.5, 0.6) is 0 Å². The molecule has 150 valence electrons. The lowest BCUT2D eigenvalue weighted by Gasteiger charge is -2.19. The fourth-order valence-corrected chi connectivity index (χ4v) is 4.55. The summed E-state index contributed by atoms with van der Waals surface area (Å²) in [6.07, 6.45) is 8.54. The van der Waals surface area contributed by atoms with Crippen molar-refractivity contribution in [1.29, 1.82) is 0 Å². The van der Waals surface area contributed by atoms with Crippen LogP contribution in [0.25, 0.3) is 16.7 Å². The third-order valence-electron chi connectivity index (χ3n) is 6.59. The zero-order valence-electron chi connectivity index (χ0n) is 18.1. The summed E-state index contributed by atoms with van der Waals surface area (Å²) in [6, 6.07) is 12.7. The van der Waals surface area contributed by atoms with Gasteiger partial charge in [-0.25, -0.2) is 4.39 Å². The van der Waals surface area contributed by atoms with Crippen molar-refractivity contribution in [2.75, 3.05) is 0 Å². The van der Waals surface area contributed by atoms with Crippen molar-refractivity contribution in [2.45, 2.75) is 78.1 Å². The number of hydrogen-bond donors (Lipinski definition) is 0. The second-order valence-corrected chi connectivity index (χ2v) is 8.91. The van der Waals surface area contributed by atoms with Gasteiger partial charge in [0, 0.05) is 0 Å². The number of rotatable bonds is 9. The molecule has 0 N–H and O–H groups in total. The van der Waals surface area contributed by atoms with Crippen molar-refractivity contribution < 1.29 is 4.39 Å². The highest BCUT2D eigenvalue weighted by molar-refractivity contribution is 5.73. The van der Waals surface area contributed by atoms with Crippen molar-refractivity contribution in [3.05, 3.63) is 65.5 Å². The molecule has 0 nitrogen and oxygen atoms in total. The van der Waals surface area contributed by atoms with Gasteiger partial charge in [0.15, 0.2) is 0 Å². The molecule has 1 saturated carbocycles. The molecule has 1 heteroatoms. The zero-order chi connectivity index (χ0) is 20.3. The molecule has 1 atom stereocenters. The first-order valence-electron chi connectivity index (χ1n) is 11.0. The van der Waals surface area contributed by atoms with Crippen LogP contribution in [-0.2, 0) is 11.8 Å². The standard InChI is InChI=1S/C27H35F/c1-6-8-20(5)13-14-27(15-16-27)23-11-9-21(10-12-23)22-17-25(19(3)4)24(7-2)26(28)18-22/h9-12,17-18,20H,3,6-8,13-16H2,1-2,4-5H3. The van der Waals surface area contributed by atoms with Crippen LogP contribution in [0.4, 0.5) is 4.39 Å². The van der Waals surface area contributed by atoms with Crippen molar-refractivity contribution in [1.82, 2.24) is 0 Å². The Morgan fingerprint density at radius 3 is 2.29 bits per heavy atom. The molecule has 2 aromatic rings. The van der Waals surface area contributed by atoms with E-state index in [1.807, 2.05) is 13.8 Å². The molecule has 1 aliphatic rings. The van der Waals surface area contributed by atoms with E-state index < -0.39 is 0 Å². The fraction of sp³-hybridized carbons (Fsp3) is 0.481. The largest absolute Gasteiger partial charge is 0.207 e. The molecule has 0 radical (unpaired) electrons. The van der Waals surface area contributed by atoms with Crippen LogP contribution in [0.2, 0.25) is 0 Å². The van der Waals surface area contributed by atoms with E-state index in [2.05, 4.69) is 50.8 Å². The Hall–Kier alpha value is -1.89. The van der Waals surface area contributed by atoms with E-state index >= 15 is 0 Å². The van der Waals surface area contributed by atoms with Crippen LogP contribution in [-0.4, -0.2) is 0 Å². The molecule has 0 spiro atoms. The predicted molar refractivity (Wildman–Crippen MR) is 120 cm³/mol. The molecule has 1 aliphatic carbocycles. The van der Waals surface area contributed by atoms with Gasteiger partial charge in [0.2, 0.25) is 0 Å². The van der Waals surface area contributed by atoms with Crippen LogP contribution < -0.4 is 0 Å². The van der Waals surface area contributed by atoms with Gasteiger partial charge in [-0.3, -0.25) is 0 Å². The molecule has 0 saturated heterocycles. The first-order valence-corrected chi connectivity index (χ1v) is 11.0. The smallest absolute Gasteiger partial charge is 0.127 e. The SMILES string of the molecule is C=C(C)c1cc(-c2ccc(C3(CCC(C)CCC)CC3)cc2)cc(F)c1CC. The van der Waals surface area contributed by atoms with E-state index in [0.29, 0.717) is 11.8 Å².